The van der Waals surface area contributed by atoms with E-state index in [0.717, 1.165) is 6.07 Å². The first kappa shape index (κ1) is 13.9. The van der Waals surface area contributed by atoms with Crippen LogP contribution in [0.1, 0.15) is 13.3 Å². The van der Waals surface area contributed by atoms with E-state index in [-0.39, 0.29) is 10.6 Å². The van der Waals surface area contributed by atoms with Gasteiger partial charge in [0.05, 0.1) is 16.7 Å². The number of rotatable bonds is 5. The van der Waals surface area contributed by atoms with Crippen LogP contribution in [0.4, 0.5) is 10.1 Å². The van der Waals surface area contributed by atoms with E-state index in [9.17, 15) is 12.8 Å². The number of hydrogen-bond donors (Lipinski definition) is 3. The van der Waals surface area contributed by atoms with Crippen molar-refractivity contribution in [1.82, 2.24) is 0 Å². The van der Waals surface area contributed by atoms with Crippen LogP contribution in [0.5, 0.6) is 0 Å². The molecule has 5 nitrogen and oxygen atoms in total. The fraction of sp³-hybridized carbons (Fsp3) is 0.400. The third kappa shape index (κ3) is 4.29. The maximum atomic E-state index is 13.5. The van der Waals surface area contributed by atoms with E-state index in [2.05, 4.69) is 5.32 Å². The molecule has 0 radical (unpaired) electrons. The summed E-state index contributed by atoms with van der Waals surface area (Å²) >= 11 is 0. The Morgan fingerprint density at radius 1 is 1.53 bits per heavy atom. The van der Waals surface area contributed by atoms with Crippen molar-refractivity contribution in [3.05, 3.63) is 24.0 Å². The summed E-state index contributed by atoms with van der Waals surface area (Å²) < 4.78 is 35.4. The summed E-state index contributed by atoms with van der Waals surface area (Å²) in [6, 6.07) is 3.39. The molecule has 0 aliphatic heterocycles. The summed E-state index contributed by atoms with van der Waals surface area (Å²) in [5.41, 5.74) is 0.179. The predicted octanol–water partition coefficient (Wildman–Crippen LogP) is 0.656. The molecule has 1 aromatic carbocycles. The number of hydrogen-bond acceptors (Lipinski definition) is 4. The second-order valence-corrected chi connectivity index (χ2v) is 5.31. The molecule has 96 valence electrons. The lowest BCUT2D eigenvalue weighted by atomic mass is 10.2. The topological polar surface area (TPSA) is 92.4 Å². The van der Waals surface area contributed by atoms with Gasteiger partial charge in [-0.15, -0.1) is 0 Å². The van der Waals surface area contributed by atoms with Crippen molar-refractivity contribution in [3.8, 4) is 0 Å². The van der Waals surface area contributed by atoms with Crippen LogP contribution in [0.2, 0.25) is 0 Å². The Morgan fingerprint density at radius 3 is 2.65 bits per heavy atom. The lowest BCUT2D eigenvalue weighted by Crippen LogP contribution is -2.14. The highest BCUT2D eigenvalue weighted by Crippen LogP contribution is 2.18. The van der Waals surface area contributed by atoms with Gasteiger partial charge >= 0.3 is 0 Å². The summed E-state index contributed by atoms with van der Waals surface area (Å²) in [5, 5.41) is 16.6. The van der Waals surface area contributed by atoms with Gasteiger partial charge in [0, 0.05) is 6.54 Å². The van der Waals surface area contributed by atoms with Gasteiger partial charge in [0.15, 0.2) is 0 Å². The number of anilines is 1. The zero-order valence-corrected chi connectivity index (χ0v) is 10.2. The van der Waals surface area contributed by atoms with E-state index in [1.54, 1.807) is 6.92 Å². The highest BCUT2D eigenvalue weighted by atomic mass is 32.2. The SMILES string of the molecule is CC(O)CCNc1ccc(S(N)(=O)=O)cc1F. The number of halogens is 1. The molecule has 1 rings (SSSR count). The number of aliphatic hydroxyl groups excluding tert-OH is 1. The van der Waals surface area contributed by atoms with Gasteiger partial charge in [-0.1, -0.05) is 0 Å². The predicted molar refractivity (Wildman–Crippen MR) is 62.6 cm³/mol. The smallest absolute Gasteiger partial charge is 0.238 e. The fourth-order valence-corrected chi connectivity index (χ4v) is 1.76. The number of nitrogens with one attached hydrogen (secondary N) is 1. The lowest BCUT2D eigenvalue weighted by Gasteiger charge is -2.09. The molecule has 0 saturated heterocycles. The molecule has 0 saturated carbocycles. The highest BCUT2D eigenvalue weighted by molar-refractivity contribution is 7.89. The zero-order valence-electron chi connectivity index (χ0n) is 9.35. The van der Waals surface area contributed by atoms with Crippen LogP contribution >= 0.6 is 0 Å². The van der Waals surface area contributed by atoms with E-state index in [1.165, 1.54) is 12.1 Å². The van der Waals surface area contributed by atoms with Crippen LogP contribution in [-0.2, 0) is 10.0 Å². The van der Waals surface area contributed by atoms with Crippen molar-refractivity contribution in [2.24, 2.45) is 5.14 Å². The second kappa shape index (κ2) is 5.44. The van der Waals surface area contributed by atoms with E-state index in [0.29, 0.717) is 13.0 Å². The third-order valence-electron chi connectivity index (χ3n) is 2.15. The Kier molecular flexibility index (Phi) is 4.44. The van der Waals surface area contributed by atoms with Crippen molar-refractivity contribution >= 4 is 15.7 Å². The average Bonchev–Trinajstić information content (AvgIpc) is 2.18. The molecule has 7 heteroatoms. The molecule has 1 aromatic rings. The highest BCUT2D eigenvalue weighted by Gasteiger charge is 2.11. The molecular weight excluding hydrogens is 247 g/mol. The molecule has 0 fully saturated rings. The molecule has 0 bridgehead atoms. The van der Waals surface area contributed by atoms with Crippen LogP contribution < -0.4 is 10.5 Å². The van der Waals surface area contributed by atoms with Crippen LogP contribution in [0, 0.1) is 5.82 Å². The number of sulfonamides is 1. The first-order valence-corrected chi connectivity index (χ1v) is 6.59. The summed E-state index contributed by atoms with van der Waals surface area (Å²) in [6.45, 7) is 2.02. The molecule has 1 atom stereocenters. The molecule has 0 spiro atoms. The molecule has 1 unspecified atom stereocenters. The van der Waals surface area contributed by atoms with Crippen LogP contribution in [0.3, 0.4) is 0 Å². The Labute approximate surface area is 99.5 Å². The van der Waals surface area contributed by atoms with E-state index < -0.39 is 21.9 Å². The van der Waals surface area contributed by atoms with Crippen LogP contribution in [0.15, 0.2) is 23.1 Å². The van der Waals surface area contributed by atoms with Gasteiger partial charge in [0.1, 0.15) is 5.82 Å². The first-order chi connectivity index (χ1) is 7.80. The largest absolute Gasteiger partial charge is 0.393 e. The van der Waals surface area contributed by atoms with E-state index in [4.69, 9.17) is 10.2 Å². The minimum atomic E-state index is -3.88. The zero-order chi connectivity index (χ0) is 13.1. The van der Waals surface area contributed by atoms with Crippen molar-refractivity contribution < 1.29 is 17.9 Å². The average molecular weight is 262 g/mol. The summed E-state index contributed by atoms with van der Waals surface area (Å²) in [6.07, 6.45) is -0.00891. The van der Waals surface area contributed by atoms with Gasteiger partial charge in [0.25, 0.3) is 0 Å². The van der Waals surface area contributed by atoms with Gasteiger partial charge in [-0.25, -0.2) is 17.9 Å². The number of nitrogens with two attached hydrogens (primary N) is 1. The van der Waals surface area contributed by atoms with E-state index >= 15 is 0 Å². The van der Waals surface area contributed by atoms with Gasteiger partial charge in [-0.3, -0.25) is 0 Å². The first-order valence-electron chi connectivity index (χ1n) is 5.05. The van der Waals surface area contributed by atoms with Gasteiger partial charge < -0.3 is 10.4 Å². The standard InChI is InChI=1S/C10H15FN2O3S/c1-7(14)4-5-13-10-3-2-8(6-9(10)11)17(12,15)16/h2-3,6-7,13-14H,4-5H2,1H3,(H2,12,15,16). The van der Waals surface area contributed by atoms with Crippen molar-refractivity contribution in [1.29, 1.82) is 0 Å². The van der Waals surface area contributed by atoms with Gasteiger partial charge in [0.2, 0.25) is 10.0 Å². The summed E-state index contributed by atoms with van der Waals surface area (Å²) in [5.74, 6) is -0.692. The molecule has 17 heavy (non-hydrogen) atoms. The Hall–Kier alpha value is -1.18. The molecule has 4 N–H and O–H groups in total. The van der Waals surface area contributed by atoms with Gasteiger partial charge in [-0.05, 0) is 31.5 Å². The Bertz CT molecular complexity index is 488. The quantitative estimate of drug-likeness (QED) is 0.726. The van der Waals surface area contributed by atoms with Crippen molar-refractivity contribution in [2.45, 2.75) is 24.3 Å². The second-order valence-electron chi connectivity index (χ2n) is 3.75. The monoisotopic (exact) mass is 262 g/mol. The normalized spacial score (nSPS) is 13.4. The molecule has 0 amide bonds. The summed E-state index contributed by atoms with van der Waals surface area (Å²) in [7, 11) is -3.88. The molecule has 0 aliphatic rings. The molecule has 0 aliphatic carbocycles. The molecular formula is C10H15FN2O3S. The summed E-state index contributed by atoms with van der Waals surface area (Å²) in [4.78, 5) is -0.268. The molecule has 0 aromatic heterocycles. The third-order valence-corrected chi connectivity index (χ3v) is 3.06. The maximum Gasteiger partial charge on any atom is 0.238 e. The number of primary sulfonamides is 1. The Balaban J connectivity index is 2.77. The van der Waals surface area contributed by atoms with Crippen molar-refractivity contribution in [2.75, 3.05) is 11.9 Å². The molecule has 0 heterocycles. The minimum Gasteiger partial charge on any atom is -0.393 e. The fourth-order valence-electron chi connectivity index (χ4n) is 1.23. The van der Waals surface area contributed by atoms with Crippen LogP contribution in [0.25, 0.3) is 0 Å². The lowest BCUT2D eigenvalue weighted by molar-refractivity contribution is 0.188. The number of aliphatic hydroxyl groups is 1. The number of benzene rings is 1. The Morgan fingerprint density at radius 2 is 2.18 bits per heavy atom. The van der Waals surface area contributed by atoms with Gasteiger partial charge in [-0.2, -0.15) is 0 Å². The minimum absolute atomic E-state index is 0.179. The van der Waals surface area contributed by atoms with Crippen molar-refractivity contribution in [3.63, 3.8) is 0 Å². The van der Waals surface area contributed by atoms with E-state index in [1.807, 2.05) is 0 Å². The van der Waals surface area contributed by atoms with Crippen LogP contribution in [-0.4, -0.2) is 26.2 Å². The maximum absolute atomic E-state index is 13.5.